The number of hydrogen-bond donors (Lipinski definition) is 1. The van der Waals surface area contributed by atoms with Crippen LogP contribution in [0, 0.1) is 0 Å². The van der Waals surface area contributed by atoms with Crippen LogP contribution in [-0.4, -0.2) is 53.7 Å². The summed E-state index contributed by atoms with van der Waals surface area (Å²) in [5.41, 5.74) is 2.09. The molecule has 0 amide bonds. The van der Waals surface area contributed by atoms with Crippen LogP contribution in [0.4, 0.5) is 0 Å². The Morgan fingerprint density at radius 1 is 1.06 bits per heavy atom. The van der Waals surface area contributed by atoms with E-state index in [1.54, 1.807) is 6.26 Å². The fourth-order valence-corrected chi connectivity index (χ4v) is 5.12. The lowest BCUT2D eigenvalue weighted by atomic mass is 10.00. The fourth-order valence-electron chi connectivity index (χ4n) is 5.12. The number of carboxylic acid groups (broad SMARTS) is 1. The molecule has 6 heteroatoms. The van der Waals surface area contributed by atoms with Crippen molar-refractivity contribution in [3.05, 3.63) is 89.9 Å². The largest absolute Gasteiger partial charge is 0.494 e. The monoisotopic (exact) mass is 490 g/mol. The highest BCUT2D eigenvalue weighted by molar-refractivity contribution is 5.70. The molecule has 0 radical (unpaired) electrons. The van der Waals surface area contributed by atoms with Crippen molar-refractivity contribution in [1.29, 1.82) is 0 Å². The summed E-state index contributed by atoms with van der Waals surface area (Å²) in [5.74, 6) is 1.26. The molecule has 3 aromatic rings. The summed E-state index contributed by atoms with van der Waals surface area (Å²) in [7, 11) is 0. The van der Waals surface area contributed by atoms with Crippen LogP contribution in [0.3, 0.4) is 0 Å². The van der Waals surface area contributed by atoms with Gasteiger partial charge in [-0.3, -0.25) is 14.6 Å². The number of hydrogen-bond acceptors (Lipinski definition) is 5. The Balaban J connectivity index is 1.46. The van der Waals surface area contributed by atoms with Gasteiger partial charge in [0.2, 0.25) is 0 Å². The van der Waals surface area contributed by atoms with Crippen LogP contribution in [0.5, 0.6) is 5.75 Å². The molecule has 0 saturated carbocycles. The fraction of sp³-hybridized carbons (Fsp3) is 0.433. The minimum Gasteiger partial charge on any atom is -0.494 e. The predicted octanol–water partition coefficient (Wildman–Crippen LogP) is 5.97. The van der Waals surface area contributed by atoms with Gasteiger partial charge in [0.1, 0.15) is 17.7 Å². The van der Waals surface area contributed by atoms with Crippen LogP contribution in [0.1, 0.15) is 61.6 Å². The lowest BCUT2D eigenvalue weighted by molar-refractivity contribution is -0.136. The SMILES string of the molecule is CC(CN(CCCOc1cccc(CC(=O)O)c1)C(c1ccco1)N1CCCCC1)c1ccccc1. The smallest absolute Gasteiger partial charge is 0.307 e. The topological polar surface area (TPSA) is 66.1 Å². The van der Waals surface area contributed by atoms with Crippen LogP contribution >= 0.6 is 0 Å². The third-order valence-electron chi connectivity index (χ3n) is 6.87. The molecule has 1 N–H and O–H groups in total. The lowest BCUT2D eigenvalue weighted by Gasteiger charge is -2.41. The summed E-state index contributed by atoms with van der Waals surface area (Å²) < 4.78 is 12.0. The van der Waals surface area contributed by atoms with E-state index in [4.69, 9.17) is 14.3 Å². The number of nitrogens with zero attached hydrogens (tertiary/aromatic N) is 2. The van der Waals surface area contributed by atoms with Crippen molar-refractivity contribution >= 4 is 5.97 Å². The summed E-state index contributed by atoms with van der Waals surface area (Å²) in [6.07, 6.45) is 6.46. The number of aliphatic carboxylic acids is 1. The molecule has 1 saturated heterocycles. The van der Waals surface area contributed by atoms with E-state index >= 15 is 0 Å². The number of ether oxygens (including phenoxy) is 1. The summed E-state index contributed by atoms with van der Waals surface area (Å²) in [5, 5.41) is 9.07. The molecule has 192 valence electrons. The third kappa shape index (κ3) is 7.45. The first kappa shape index (κ1) is 26.0. The number of likely N-dealkylation sites (tertiary alicyclic amines) is 1. The maximum atomic E-state index is 11.0. The summed E-state index contributed by atoms with van der Waals surface area (Å²) in [6, 6.07) is 22.2. The van der Waals surface area contributed by atoms with Crippen LogP contribution in [0.15, 0.2) is 77.4 Å². The normalized spacial score (nSPS) is 16.1. The van der Waals surface area contributed by atoms with Crippen molar-refractivity contribution in [2.24, 2.45) is 0 Å². The van der Waals surface area contributed by atoms with E-state index in [0.29, 0.717) is 12.5 Å². The molecular weight excluding hydrogens is 452 g/mol. The van der Waals surface area contributed by atoms with Gasteiger partial charge in [-0.15, -0.1) is 0 Å². The molecule has 1 aliphatic rings. The zero-order chi connectivity index (χ0) is 25.2. The van der Waals surface area contributed by atoms with Gasteiger partial charge in [-0.05, 0) is 60.6 Å². The average molecular weight is 491 g/mol. The molecule has 2 aromatic carbocycles. The molecule has 1 fully saturated rings. The number of benzene rings is 2. The van der Waals surface area contributed by atoms with Gasteiger partial charge < -0.3 is 14.3 Å². The molecule has 4 rings (SSSR count). The van der Waals surface area contributed by atoms with Crippen molar-refractivity contribution in [2.45, 2.75) is 51.1 Å². The second-order valence-electron chi connectivity index (χ2n) is 9.71. The minimum atomic E-state index is -0.836. The molecule has 0 bridgehead atoms. The second kappa shape index (κ2) is 13.3. The van der Waals surface area contributed by atoms with E-state index in [1.165, 1.54) is 24.8 Å². The molecule has 2 heterocycles. The van der Waals surface area contributed by atoms with Gasteiger partial charge in [0.15, 0.2) is 0 Å². The van der Waals surface area contributed by atoms with Crippen LogP contribution in [0.2, 0.25) is 0 Å². The first-order valence-corrected chi connectivity index (χ1v) is 13.1. The van der Waals surface area contributed by atoms with Gasteiger partial charge >= 0.3 is 5.97 Å². The van der Waals surface area contributed by atoms with Crippen LogP contribution in [-0.2, 0) is 11.2 Å². The zero-order valence-corrected chi connectivity index (χ0v) is 21.2. The highest BCUT2D eigenvalue weighted by atomic mass is 16.5. The Morgan fingerprint density at radius 3 is 2.58 bits per heavy atom. The van der Waals surface area contributed by atoms with Crippen molar-refractivity contribution in [3.8, 4) is 5.75 Å². The van der Waals surface area contributed by atoms with E-state index in [2.05, 4.69) is 53.1 Å². The summed E-state index contributed by atoms with van der Waals surface area (Å²) in [4.78, 5) is 16.2. The van der Waals surface area contributed by atoms with Gasteiger partial charge in [0.05, 0.1) is 19.3 Å². The van der Waals surface area contributed by atoms with Crippen LogP contribution < -0.4 is 4.74 Å². The van der Waals surface area contributed by atoms with Crippen molar-refractivity contribution in [2.75, 3.05) is 32.8 Å². The van der Waals surface area contributed by atoms with Crippen LogP contribution in [0.25, 0.3) is 0 Å². The highest BCUT2D eigenvalue weighted by Crippen LogP contribution is 2.31. The standard InChI is InChI=1S/C30H38N2O4/c1-24(26-12-4-2-5-13-26)23-32(30(28-15-9-19-36-28)31-16-6-3-7-17-31)18-10-20-35-27-14-8-11-25(21-27)22-29(33)34/h2,4-5,8-9,11-15,19,21,24,30H,3,6-7,10,16-18,20,22-23H2,1H3,(H,33,34). The Hall–Kier alpha value is -3.09. The molecule has 1 aliphatic heterocycles. The van der Waals surface area contributed by atoms with E-state index < -0.39 is 5.97 Å². The Labute approximate surface area is 214 Å². The van der Waals surface area contributed by atoms with Crippen molar-refractivity contribution in [1.82, 2.24) is 9.80 Å². The highest BCUT2D eigenvalue weighted by Gasteiger charge is 2.31. The van der Waals surface area contributed by atoms with E-state index in [-0.39, 0.29) is 12.6 Å². The first-order valence-electron chi connectivity index (χ1n) is 13.1. The van der Waals surface area contributed by atoms with Crippen molar-refractivity contribution < 1.29 is 19.1 Å². The molecule has 2 unspecified atom stereocenters. The average Bonchev–Trinajstić information content (AvgIpc) is 3.42. The number of carbonyl (C=O) groups is 1. The van der Waals surface area contributed by atoms with E-state index in [0.717, 1.165) is 49.7 Å². The molecule has 36 heavy (non-hydrogen) atoms. The number of furan rings is 1. The number of piperidine rings is 1. The quantitative estimate of drug-likeness (QED) is 0.298. The maximum absolute atomic E-state index is 11.0. The van der Waals surface area contributed by atoms with Crippen molar-refractivity contribution in [3.63, 3.8) is 0 Å². The minimum absolute atomic E-state index is 0.00299. The lowest BCUT2D eigenvalue weighted by Crippen LogP contribution is -2.45. The second-order valence-corrected chi connectivity index (χ2v) is 9.71. The molecule has 0 aliphatic carbocycles. The zero-order valence-electron chi connectivity index (χ0n) is 21.2. The Kier molecular flexibility index (Phi) is 9.59. The summed E-state index contributed by atoms with van der Waals surface area (Å²) >= 11 is 0. The van der Waals surface area contributed by atoms with E-state index in [9.17, 15) is 4.79 Å². The Bertz CT molecular complexity index is 1050. The van der Waals surface area contributed by atoms with Gasteiger partial charge in [-0.2, -0.15) is 0 Å². The van der Waals surface area contributed by atoms with Gasteiger partial charge in [-0.25, -0.2) is 0 Å². The number of carboxylic acids is 1. The first-order chi connectivity index (χ1) is 17.6. The van der Waals surface area contributed by atoms with Gasteiger partial charge in [0.25, 0.3) is 0 Å². The maximum Gasteiger partial charge on any atom is 0.307 e. The Morgan fingerprint density at radius 2 is 1.86 bits per heavy atom. The molecule has 1 aromatic heterocycles. The van der Waals surface area contributed by atoms with Gasteiger partial charge in [-0.1, -0.05) is 55.8 Å². The van der Waals surface area contributed by atoms with Gasteiger partial charge in [0, 0.05) is 26.2 Å². The molecule has 2 atom stereocenters. The predicted molar refractivity (Wildman–Crippen MR) is 141 cm³/mol. The molecular formula is C30H38N2O4. The third-order valence-corrected chi connectivity index (χ3v) is 6.87. The molecule has 0 spiro atoms. The molecule has 6 nitrogen and oxygen atoms in total. The summed E-state index contributed by atoms with van der Waals surface area (Å²) in [6.45, 7) is 6.80. The number of rotatable bonds is 13. The van der Waals surface area contributed by atoms with E-state index in [1.807, 2.05) is 30.3 Å².